The zero-order valence-corrected chi connectivity index (χ0v) is 12.0. The Hall–Kier alpha value is -2.23. The van der Waals surface area contributed by atoms with Gasteiger partial charge >= 0.3 is 6.03 Å². The van der Waals surface area contributed by atoms with Crippen LogP contribution in [0.2, 0.25) is 0 Å². The van der Waals surface area contributed by atoms with Gasteiger partial charge in [0.1, 0.15) is 0 Å². The van der Waals surface area contributed by atoms with Gasteiger partial charge in [0.05, 0.1) is 0 Å². The van der Waals surface area contributed by atoms with Gasteiger partial charge in [0.2, 0.25) is 0 Å². The predicted molar refractivity (Wildman–Crippen MR) is 82.2 cm³/mol. The quantitative estimate of drug-likeness (QED) is 0.856. The highest BCUT2D eigenvalue weighted by Gasteiger charge is 2.02. The molecule has 0 aliphatic rings. The summed E-state index contributed by atoms with van der Waals surface area (Å²) in [5.74, 6) is 0.594. The average molecular weight is 271 g/mol. The van der Waals surface area contributed by atoms with Crippen molar-refractivity contribution in [3.8, 4) is 5.69 Å². The number of rotatable bonds is 5. The number of aromatic nitrogens is 1. The fourth-order valence-corrected chi connectivity index (χ4v) is 1.87. The Morgan fingerprint density at radius 1 is 1.15 bits per heavy atom. The van der Waals surface area contributed by atoms with Gasteiger partial charge in [0, 0.05) is 30.3 Å². The highest BCUT2D eigenvalue weighted by Crippen LogP contribution is 2.13. The minimum atomic E-state index is -0.153. The second-order valence-corrected chi connectivity index (χ2v) is 5.20. The molecule has 2 aromatic rings. The number of amides is 2. The Labute approximate surface area is 119 Å². The molecule has 2 N–H and O–H groups in total. The number of carbonyl (C=O) groups is 1. The summed E-state index contributed by atoms with van der Waals surface area (Å²) < 4.78 is 2.02. The predicted octanol–water partition coefficient (Wildman–Crippen LogP) is 3.64. The molecule has 20 heavy (non-hydrogen) atoms. The van der Waals surface area contributed by atoms with E-state index in [0.29, 0.717) is 12.5 Å². The molecule has 0 fully saturated rings. The van der Waals surface area contributed by atoms with E-state index < -0.39 is 0 Å². The van der Waals surface area contributed by atoms with E-state index >= 15 is 0 Å². The second kappa shape index (κ2) is 6.80. The van der Waals surface area contributed by atoms with Crippen LogP contribution in [-0.4, -0.2) is 17.1 Å². The molecule has 2 amide bonds. The van der Waals surface area contributed by atoms with Gasteiger partial charge in [-0.05, 0) is 48.7 Å². The lowest BCUT2D eigenvalue weighted by atomic mass is 10.1. The SMILES string of the molecule is CC(C)CCNC(=O)Nc1ccc(-n2cccc2)cc1. The molecule has 0 saturated heterocycles. The van der Waals surface area contributed by atoms with Crippen molar-refractivity contribution in [1.29, 1.82) is 0 Å². The first-order chi connectivity index (χ1) is 9.65. The molecule has 0 saturated carbocycles. The van der Waals surface area contributed by atoms with Crippen molar-refractivity contribution in [2.45, 2.75) is 20.3 Å². The van der Waals surface area contributed by atoms with Gasteiger partial charge < -0.3 is 15.2 Å². The monoisotopic (exact) mass is 271 g/mol. The number of nitrogens with zero attached hydrogens (tertiary/aromatic N) is 1. The zero-order chi connectivity index (χ0) is 14.4. The van der Waals surface area contributed by atoms with Crippen molar-refractivity contribution in [3.05, 3.63) is 48.8 Å². The summed E-state index contributed by atoms with van der Waals surface area (Å²) in [7, 11) is 0. The number of benzene rings is 1. The maximum atomic E-state index is 11.7. The van der Waals surface area contributed by atoms with Crippen molar-refractivity contribution in [3.63, 3.8) is 0 Å². The standard InChI is InChI=1S/C16H21N3O/c1-13(2)9-10-17-16(20)18-14-5-7-15(8-6-14)19-11-3-4-12-19/h3-8,11-13H,9-10H2,1-2H3,(H2,17,18,20). The average Bonchev–Trinajstić information content (AvgIpc) is 2.93. The third kappa shape index (κ3) is 4.16. The van der Waals surface area contributed by atoms with Crippen LogP contribution in [0.3, 0.4) is 0 Å². The van der Waals surface area contributed by atoms with Gasteiger partial charge in [0.15, 0.2) is 0 Å². The first kappa shape index (κ1) is 14.2. The van der Waals surface area contributed by atoms with E-state index in [0.717, 1.165) is 17.8 Å². The van der Waals surface area contributed by atoms with Crippen LogP contribution in [0.15, 0.2) is 48.8 Å². The Balaban J connectivity index is 1.86. The van der Waals surface area contributed by atoms with Gasteiger partial charge in [-0.25, -0.2) is 4.79 Å². The van der Waals surface area contributed by atoms with Crippen LogP contribution in [0.4, 0.5) is 10.5 Å². The number of nitrogens with one attached hydrogen (secondary N) is 2. The maximum absolute atomic E-state index is 11.7. The Morgan fingerprint density at radius 2 is 1.80 bits per heavy atom. The summed E-state index contributed by atoms with van der Waals surface area (Å²) in [6.45, 7) is 4.98. The molecular formula is C16H21N3O. The van der Waals surface area contributed by atoms with Crippen molar-refractivity contribution in [2.75, 3.05) is 11.9 Å². The third-order valence-corrected chi connectivity index (χ3v) is 3.04. The normalized spacial score (nSPS) is 10.6. The molecule has 4 heteroatoms. The Kier molecular flexibility index (Phi) is 4.82. The van der Waals surface area contributed by atoms with E-state index in [2.05, 4.69) is 24.5 Å². The third-order valence-electron chi connectivity index (χ3n) is 3.04. The largest absolute Gasteiger partial charge is 0.338 e. The van der Waals surface area contributed by atoms with Gasteiger partial charge in [-0.1, -0.05) is 13.8 Å². The van der Waals surface area contributed by atoms with Crippen LogP contribution >= 0.6 is 0 Å². The smallest absolute Gasteiger partial charge is 0.319 e. The minimum Gasteiger partial charge on any atom is -0.338 e. The Morgan fingerprint density at radius 3 is 2.40 bits per heavy atom. The fraction of sp³-hybridized carbons (Fsp3) is 0.312. The molecule has 1 heterocycles. The molecule has 0 spiro atoms. The molecule has 2 rings (SSSR count). The Bertz CT molecular complexity index is 529. The molecule has 0 aliphatic heterocycles. The van der Waals surface area contributed by atoms with Gasteiger partial charge in [-0.15, -0.1) is 0 Å². The number of anilines is 1. The number of carbonyl (C=O) groups excluding carboxylic acids is 1. The maximum Gasteiger partial charge on any atom is 0.319 e. The summed E-state index contributed by atoms with van der Waals surface area (Å²) in [6, 6.07) is 11.6. The molecule has 0 atom stereocenters. The minimum absolute atomic E-state index is 0.153. The summed E-state index contributed by atoms with van der Waals surface area (Å²) in [5.41, 5.74) is 1.86. The van der Waals surface area contributed by atoms with Crippen molar-refractivity contribution < 1.29 is 4.79 Å². The molecular weight excluding hydrogens is 250 g/mol. The van der Waals surface area contributed by atoms with Crippen molar-refractivity contribution >= 4 is 11.7 Å². The van der Waals surface area contributed by atoms with Crippen LogP contribution in [0, 0.1) is 5.92 Å². The lowest BCUT2D eigenvalue weighted by molar-refractivity contribution is 0.251. The van der Waals surface area contributed by atoms with E-state index in [1.54, 1.807) is 0 Å². The molecule has 1 aromatic heterocycles. The van der Waals surface area contributed by atoms with Crippen LogP contribution < -0.4 is 10.6 Å². The van der Waals surface area contributed by atoms with Gasteiger partial charge in [0.25, 0.3) is 0 Å². The van der Waals surface area contributed by atoms with E-state index in [-0.39, 0.29) is 6.03 Å². The van der Waals surface area contributed by atoms with E-state index in [1.165, 1.54) is 0 Å². The zero-order valence-electron chi connectivity index (χ0n) is 12.0. The lowest BCUT2D eigenvalue weighted by Crippen LogP contribution is -2.30. The van der Waals surface area contributed by atoms with Gasteiger partial charge in [-0.2, -0.15) is 0 Å². The van der Waals surface area contributed by atoms with E-state index in [1.807, 2.05) is 53.4 Å². The summed E-state index contributed by atoms with van der Waals surface area (Å²) >= 11 is 0. The molecule has 106 valence electrons. The second-order valence-electron chi connectivity index (χ2n) is 5.20. The lowest BCUT2D eigenvalue weighted by Gasteiger charge is -2.09. The van der Waals surface area contributed by atoms with Crippen LogP contribution in [0.25, 0.3) is 5.69 Å². The number of hydrogen-bond acceptors (Lipinski definition) is 1. The first-order valence-corrected chi connectivity index (χ1v) is 6.93. The summed E-state index contributed by atoms with van der Waals surface area (Å²) in [6.07, 6.45) is 4.96. The first-order valence-electron chi connectivity index (χ1n) is 6.93. The molecule has 0 radical (unpaired) electrons. The van der Waals surface area contributed by atoms with Crippen LogP contribution in [0.1, 0.15) is 20.3 Å². The number of urea groups is 1. The van der Waals surface area contributed by atoms with Crippen molar-refractivity contribution in [1.82, 2.24) is 9.88 Å². The van der Waals surface area contributed by atoms with Gasteiger partial charge in [-0.3, -0.25) is 0 Å². The van der Waals surface area contributed by atoms with E-state index in [9.17, 15) is 4.79 Å². The topological polar surface area (TPSA) is 46.1 Å². The molecule has 0 aliphatic carbocycles. The van der Waals surface area contributed by atoms with E-state index in [4.69, 9.17) is 0 Å². The molecule has 0 unspecified atom stereocenters. The highest BCUT2D eigenvalue weighted by atomic mass is 16.2. The summed E-state index contributed by atoms with van der Waals surface area (Å²) in [5, 5.41) is 5.68. The van der Waals surface area contributed by atoms with Crippen molar-refractivity contribution in [2.24, 2.45) is 5.92 Å². The summed E-state index contributed by atoms with van der Waals surface area (Å²) in [4.78, 5) is 11.7. The highest BCUT2D eigenvalue weighted by molar-refractivity contribution is 5.89. The molecule has 1 aromatic carbocycles. The van der Waals surface area contributed by atoms with Crippen LogP contribution in [-0.2, 0) is 0 Å². The molecule has 4 nitrogen and oxygen atoms in total. The number of hydrogen-bond donors (Lipinski definition) is 2. The molecule has 0 bridgehead atoms. The van der Waals surface area contributed by atoms with Crippen LogP contribution in [0.5, 0.6) is 0 Å². The fourth-order valence-electron chi connectivity index (χ4n) is 1.87.